The Morgan fingerprint density at radius 2 is 1.94 bits per heavy atom. The molecule has 4 nitrogen and oxygen atoms in total. The van der Waals surface area contributed by atoms with Gasteiger partial charge in [0.15, 0.2) is 5.78 Å². The lowest BCUT2D eigenvalue weighted by Crippen LogP contribution is -2.34. The van der Waals surface area contributed by atoms with Crippen molar-refractivity contribution in [1.82, 2.24) is 4.90 Å². The minimum absolute atomic E-state index is 0.0518. The Kier molecular flexibility index (Phi) is 4.46. The van der Waals surface area contributed by atoms with E-state index in [1.807, 2.05) is 0 Å². The van der Waals surface area contributed by atoms with Gasteiger partial charge in [0, 0.05) is 5.56 Å². The smallest absolute Gasteiger partial charge is 0.231 e. The highest BCUT2D eigenvalue weighted by atomic mass is 35.5. The summed E-state index contributed by atoms with van der Waals surface area (Å²) < 4.78 is 0. The number of rotatable bonds is 5. The normalized spacial score (nSPS) is 10.4. The molecule has 2 N–H and O–H groups in total. The standard InChI is InChI=1S/C11H13ClN2O2/c1-14(7-11(13)16)6-10(15)8-4-2-3-5-9(8)12/h2-5H,6-7H2,1H3,(H2,13,16). The molecule has 0 saturated heterocycles. The Morgan fingerprint density at radius 1 is 1.31 bits per heavy atom. The van der Waals surface area contributed by atoms with E-state index in [1.165, 1.54) is 0 Å². The van der Waals surface area contributed by atoms with Crippen molar-refractivity contribution in [2.45, 2.75) is 0 Å². The lowest BCUT2D eigenvalue weighted by Gasteiger charge is -2.13. The third-order valence-corrected chi connectivity index (χ3v) is 2.34. The monoisotopic (exact) mass is 240 g/mol. The molecule has 0 heterocycles. The van der Waals surface area contributed by atoms with Gasteiger partial charge in [-0.15, -0.1) is 0 Å². The Morgan fingerprint density at radius 3 is 2.50 bits per heavy atom. The zero-order chi connectivity index (χ0) is 12.1. The van der Waals surface area contributed by atoms with Crippen molar-refractivity contribution in [3.05, 3.63) is 34.9 Å². The first-order valence-electron chi connectivity index (χ1n) is 4.75. The second-order valence-corrected chi connectivity index (χ2v) is 3.95. The number of ketones is 1. The maximum atomic E-state index is 11.8. The van der Waals surface area contributed by atoms with Crippen LogP contribution < -0.4 is 5.73 Å². The number of nitrogens with zero attached hydrogens (tertiary/aromatic N) is 1. The summed E-state index contributed by atoms with van der Waals surface area (Å²) in [6.07, 6.45) is 0. The van der Waals surface area contributed by atoms with Crippen LogP contribution in [0.1, 0.15) is 10.4 Å². The summed E-state index contributed by atoms with van der Waals surface area (Å²) in [4.78, 5) is 24.0. The fourth-order valence-corrected chi connectivity index (χ4v) is 1.58. The number of hydrogen-bond donors (Lipinski definition) is 1. The van der Waals surface area contributed by atoms with Crippen molar-refractivity contribution < 1.29 is 9.59 Å². The van der Waals surface area contributed by atoms with Gasteiger partial charge in [-0.2, -0.15) is 0 Å². The highest BCUT2D eigenvalue weighted by molar-refractivity contribution is 6.34. The molecular weight excluding hydrogens is 228 g/mol. The molecule has 16 heavy (non-hydrogen) atoms. The summed E-state index contributed by atoms with van der Waals surface area (Å²) in [7, 11) is 1.65. The van der Waals surface area contributed by atoms with Crippen LogP contribution in [0.25, 0.3) is 0 Å². The van der Waals surface area contributed by atoms with Crippen molar-refractivity contribution in [2.75, 3.05) is 20.1 Å². The number of benzene rings is 1. The molecule has 1 amide bonds. The Balaban J connectivity index is 2.66. The molecule has 0 aromatic heterocycles. The molecule has 0 atom stereocenters. The molecule has 0 bridgehead atoms. The maximum absolute atomic E-state index is 11.8. The topological polar surface area (TPSA) is 63.4 Å². The van der Waals surface area contributed by atoms with Crippen LogP contribution in [0.3, 0.4) is 0 Å². The first-order valence-corrected chi connectivity index (χ1v) is 5.13. The highest BCUT2D eigenvalue weighted by Gasteiger charge is 2.13. The van der Waals surface area contributed by atoms with Crippen LogP contribution in [-0.4, -0.2) is 36.7 Å². The van der Waals surface area contributed by atoms with Gasteiger partial charge in [0.1, 0.15) is 0 Å². The summed E-state index contributed by atoms with van der Waals surface area (Å²) in [6.45, 7) is 0.170. The number of carbonyl (C=O) groups excluding carboxylic acids is 2. The lowest BCUT2D eigenvalue weighted by molar-refractivity contribution is -0.118. The van der Waals surface area contributed by atoms with Crippen molar-refractivity contribution in [1.29, 1.82) is 0 Å². The van der Waals surface area contributed by atoms with Gasteiger partial charge in [0.05, 0.1) is 18.1 Å². The molecule has 0 saturated carbocycles. The number of Topliss-reactive ketones (excluding diaryl/α,β-unsaturated/α-hetero) is 1. The van der Waals surface area contributed by atoms with E-state index in [1.54, 1.807) is 36.2 Å². The average Bonchev–Trinajstić information content (AvgIpc) is 2.16. The number of hydrogen-bond acceptors (Lipinski definition) is 3. The maximum Gasteiger partial charge on any atom is 0.231 e. The van der Waals surface area contributed by atoms with Gasteiger partial charge < -0.3 is 5.73 Å². The fraction of sp³-hybridized carbons (Fsp3) is 0.273. The zero-order valence-corrected chi connectivity index (χ0v) is 9.70. The predicted octanol–water partition coefficient (Wildman–Crippen LogP) is 0.940. The Bertz CT molecular complexity index is 407. The number of likely N-dealkylation sites (N-methyl/N-ethyl adjacent to an activating group) is 1. The van der Waals surface area contributed by atoms with E-state index < -0.39 is 5.91 Å². The highest BCUT2D eigenvalue weighted by Crippen LogP contribution is 2.15. The van der Waals surface area contributed by atoms with Gasteiger partial charge >= 0.3 is 0 Å². The second kappa shape index (κ2) is 5.63. The van der Waals surface area contributed by atoms with Crippen molar-refractivity contribution in [3.63, 3.8) is 0 Å². The van der Waals surface area contributed by atoms with Crippen LogP contribution in [0.4, 0.5) is 0 Å². The summed E-state index contributed by atoms with van der Waals surface area (Å²) in [5, 5.41) is 0.417. The summed E-state index contributed by atoms with van der Waals surface area (Å²) >= 11 is 5.88. The van der Waals surface area contributed by atoms with Crippen LogP contribution in [0.15, 0.2) is 24.3 Å². The predicted molar refractivity (Wildman–Crippen MR) is 62.5 cm³/mol. The van der Waals surface area contributed by atoms with Crippen molar-refractivity contribution in [2.24, 2.45) is 5.73 Å². The Labute approximate surface area is 99.0 Å². The van der Waals surface area contributed by atoms with Crippen LogP contribution in [-0.2, 0) is 4.79 Å². The van der Waals surface area contributed by atoms with Crippen LogP contribution >= 0.6 is 11.6 Å². The number of amides is 1. The van der Waals surface area contributed by atoms with E-state index in [4.69, 9.17) is 17.3 Å². The summed E-state index contributed by atoms with van der Waals surface area (Å²) in [6, 6.07) is 6.81. The molecule has 0 radical (unpaired) electrons. The first kappa shape index (κ1) is 12.7. The third-order valence-electron chi connectivity index (χ3n) is 2.01. The van der Waals surface area contributed by atoms with E-state index in [0.717, 1.165) is 0 Å². The van der Waals surface area contributed by atoms with Gasteiger partial charge in [-0.25, -0.2) is 0 Å². The second-order valence-electron chi connectivity index (χ2n) is 3.54. The molecule has 0 aliphatic carbocycles. The summed E-state index contributed by atoms with van der Waals surface area (Å²) in [5.41, 5.74) is 5.48. The van der Waals surface area contributed by atoms with Gasteiger partial charge in [0.25, 0.3) is 0 Å². The number of nitrogens with two attached hydrogens (primary N) is 1. The molecule has 1 aromatic carbocycles. The number of carbonyl (C=O) groups is 2. The largest absolute Gasteiger partial charge is 0.369 e. The van der Waals surface area contributed by atoms with E-state index in [0.29, 0.717) is 10.6 Å². The van der Waals surface area contributed by atoms with Crippen LogP contribution in [0.5, 0.6) is 0 Å². The molecule has 1 aromatic rings. The molecule has 0 aliphatic rings. The van der Waals surface area contributed by atoms with E-state index >= 15 is 0 Å². The molecule has 5 heteroatoms. The molecule has 0 spiro atoms. The van der Waals surface area contributed by atoms with E-state index in [2.05, 4.69) is 0 Å². The first-order chi connectivity index (χ1) is 7.50. The van der Waals surface area contributed by atoms with Crippen LogP contribution in [0, 0.1) is 0 Å². The van der Waals surface area contributed by atoms with E-state index in [9.17, 15) is 9.59 Å². The average molecular weight is 241 g/mol. The number of primary amides is 1. The zero-order valence-electron chi connectivity index (χ0n) is 8.94. The minimum atomic E-state index is -0.463. The molecule has 0 unspecified atom stereocenters. The van der Waals surface area contributed by atoms with Gasteiger partial charge in [0.2, 0.25) is 5.91 Å². The lowest BCUT2D eigenvalue weighted by atomic mass is 10.1. The van der Waals surface area contributed by atoms with Gasteiger partial charge in [-0.3, -0.25) is 14.5 Å². The minimum Gasteiger partial charge on any atom is -0.369 e. The third kappa shape index (κ3) is 3.64. The quantitative estimate of drug-likeness (QED) is 0.779. The molecular formula is C11H13ClN2O2. The Hall–Kier alpha value is -1.39. The molecule has 0 aliphatic heterocycles. The molecule has 0 fully saturated rings. The number of halogens is 1. The van der Waals surface area contributed by atoms with Crippen LogP contribution in [0.2, 0.25) is 5.02 Å². The van der Waals surface area contributed by atoms with Gasteiger partial charge in [-0.05, 0) is 19.2 Å². The fourth-order valence-electron chi connectivity index (χ4n) is 1.34. The van der Waals surface area contributed by atoms with Crippen molar-refractivity contribution in [3.8, 4) is 0 Å². The van der Waals surface area contributed by atoms with E-state index in [-0.39, 0.29) is 18.9 Å². The molecule has 1 rings (SSSR count). The summed E-state index contributed by atoms with van der Waals surface area (Å²) in [5.74, 6) is -0.594. The van der Waals surface area contributed by atoms with Gasteiger partial charge in [-0.1, -0.05) is 23.7 Å². The molecule has 86 valence electrons. The SMILES string of the molecule is CN(CC(N)=O)CC(=O)c1ccccc1Cl. The van der Waals surface area contributed by atoms with Crippen molar-refractivity contribution >= 4 is 23.3 Å².